The first-order valence-electron chi connectivity index (χ1n) is 8.22. The van der Waals surface area contributed by atoms with Crippen molar-refractivity contribution >= 4 is 17.7 Å². The number of amides is 2. The number of carbonyl (C=O) groups is 1. The molecule has 0 radical (unpaired) electrons. The zero-order valence-corrected chi connectivity index (χ0v) is 13.5. The predicted molar refractivity (Wildman–Crippen MR) is 89.9 cm³/mol. The number of hydrogen-bond donors (Lipinski definition) is 1. The number of benzene rings is 1. The van der Waals surface area contributed by atoms with Gasteiger partial charge in [0.15, 0.2) is 0 Å². The van der Waals surface area contributed by atoms with Crippen molar-refractivity contribution in [3.05, 3.63) is 34.7 Å². The average molecular weight is 299 g/mol. The molecule has 0 saturated carbocycles. The summed E-state index contributed by atoms with van der Waals surface area (Å²) in [4.78, 5) is 16.3. The van der Waals surface area contributed by atoms with Crippen LogP contribution in [0.25, 0.3) is 11.6 Å². The molecule has 4 heteroatoms. The Morgan fingerprint density at radius 2 is 2.05 bits per heavy atom. The third kappa shape index (κ3) is 3.02. The summed E-state index contributed by atoms with van der Waals surface area (Å²) in [5, 5.41) is 5.65. The lowest BCUT2D eigenvalue weighted by molar-refractivity contribution is 0.142. The van der Waals surface area contributed by atoms with E-state index in [1.807, 2.05) is 18.9 Å². The Morgan fingerprint density at radius 3 is 2.73 bits per heavy atom. The molecule has 1 N–H and O–H groups in total. The summed E-state index contributed by atoms with van der Waals surface area (Å²) in [6.45, 7) is 5.81. The summed E-state index contributed by atoms with van der Waals surface area (Å²) < 4.78 is 0. The number of hydrogen-bond acceptors (Lipinski definition) is 2. The molecule has 0 atom stereocenters. The second kappa shape index (κ2) is 6.53. The smallest absolute Gasteiger partial charge is 0.317 e. The van der Waals surface area contributed by atoms with Crippen LogP contribution in [-0.2, 0) is 0 Å². The number of likely N-dealkylation sites (tertiary alicyclic amines) is 1. The lowest BCUT2D eigenvalue weighted by atomic mass is 9.98. The fraction of sp³-hybridized carbons (Fsp3) is 0.500. The quantitative estimate of drug-likeness (QED) is 0.891. The summed E-state index contributed by atoms with van der Waals surface area (Å²) in [5.41, 5.74) is 1.45. The zero-order valence-electron chi connectivity index (χ0n) is 13.5. The summed E-state index contributed by atoms with van der Waals surface area (Å²) >= 11 is 0. The highest BCUT2D eigenvalue weighted by Crippen LogP contribution is 2.17. The molecule has 22 heavy (non-hydrogen) atoms. The van der Waals surface area contributed by atoms with Gasteiger partial charge in [-0.05, 0) is 41.9 Å². The van der Waals surface area contributed by atoms with Crippen LogP contribution in [0.5, 0.6) is 0 Å². The number of rotatable bonds is 4. The van der Waals surface area contributed by atoms with Gasteiger partial charge in [0.05, 0.1) is 0 Å². The van der Waals surface area contributed by atoms with Crippen LogP contribution >= 0.6 is 0 Å². The minimum Gasteiger partial charge on any atom is -0.338 e. The van der Waals surface area contributed by atoms with Crippen molar-refractivity contribution in [3.63, 3.8) is 0 Å². The van der Waals surface area contributed by atoms with Gasteiger partial charge in [-0.15, -0.1) is 0 Å². The van der Waals surface area contributed by atoms with Gasteiger partial charge in [-0.3, -0.25) is 4.90 Å². The summed E-state index contributed by atoms with van der Waals surface area (Å²) in [6.07, 6.45) is 4.41. The molecule has 0 unspecified atom stereocenters. The highest BCUT2D eigenvalue weighted by molar-refractivity contribution is 5.83. The lowest BCUT2D eigenvalue weighted by Gasteiger charge is -2.37. The van der Waals surface area contributed by atoms with Gasteiger partial charge in [0.2, 0.25) is 0 Å². The van der Waals surface area contributed by atoms with E-state index in [1.54, 1.807) is 0 Å². The van der Waals surface area contributed by atoms with E-state index in [0.29, 0.717) is 12.6 Å². The van der Waals surface area contributed by atoms with Gasteiger partial charge in [0, 0.05) is 39.3 Å². The molecule has 0 bridgehead atoms. The maximum absolute atomic E-state index is 11.9. The SMILES string of the molecule is CCNC(=O)N(C)C1CCN(CC2=c3ccccc3=C2)CC1. The van der Waals surface area contributed by atoms with E-state index in [9.17, 15) is 4.79 Å². The van der Waals surface area contributed by atoms with E-state index in [-0.39, 0.29) is 6.03 Å². The van der Waals surface area contributed by atoms with Crippen LogP contribution in [0, 0.1) is 0 Å². The van der Waals surface area contributed by atoms with Gasteiger partial charge in [0.25, 0.3) is 0 Å². The number of nitrogens with zero attached hydrogens (tertiary/aromatic N) is 2. The molecule has 2 aliphatic rings. The molecule has 118 valence electrons. The first-order chi connectivity index (χ1) is 10.7. The first-order valence-corrected chi connectivity index (χ1v) is 8.22. The maximum Gasteiger partial charge on any atom is 0.317 e. The molecular weight excluding hydrogens is 274 g/mol. The van der Waals surface area contributed by atoms with Crippen molar-refractivity contribution in [3.8, 4) is 0 Å². The molecular formula is C18H25N3O. The second-order valence-corrected chi connectivity index (χ2v) is 6.21. The predicted octanol–water partition coefficient (Wildman–Crippen LogP) is 0.757. The van der Waals surface area contributed by atoms with Crippen LogP contribution in [0.15, 0.2) is 24.3 Å². The highest BCUT2D eigenvalue weighted by Gasteiger charge is 2.25. The normalized spacial score (nSPS) is 18.2. The van der Waals surface area contributed by atoms with E-state index in [4.69, 9.17) is 0 Å². The number of carbonyl (C=O) groups excluding carboxylic acids is 1. The minimum atomic E-state index is 0.0524. The Labute approximate surface area is 132 Å². The van der Waals surface area contributed by atoms with Gasteiger partial charge in [-0.25, -0.2) is 4.79 Å². The van der Waals surface area contributed by atoms with E-state index in [1.165, 1.54) is 16.0 Å². The highest BCUT2D eigenvalue weighted by atomic mass is 16.2. The topological polar surface area (TPSA) is 35.6 Å². The number of fused-ring (bicyclic) bond motifs is 1. The number of urea groups is 1. The van der Waals surface area contributed by atoms with Gasteiger partial charge >= 0.3 is 6.03 Å². The summed E-state index contributed by atoms with van der Waals surface area (Å²) in [6, 6.07) is 9.00. The molecule has 1 heterocycles. The average Bonchev–Trinajstić information content (AvgIpc) is 2.53. The van der Waals surface area contributed by atoms with Crippen LogP contribution in [0.2, 0.25) is 0 Å². The Hall–Kier alpha value is -1.81. The Kier molecular flexibility index (Phi) is 4.48. The van der Waals surface area contributed by atoms with Crippen molar-refractivity contribution in [1.29, 1.82) is 0 Å². The molecule has 0 spiro atoms. The fourth-order valence-corrected chi connectivity index (χ4v) is 3.38. The monoisotopic (exact) mass is 299 g/mol. The minimum absolute atomic E-state index is 0.0524. The van der Waals surface area contributed by atoms with Crippen molar-refractivity contribution in [2.45, 2.75) is 25.8 Å². The zero-order chi connectivity index (χ0) is 15.5. The second-order valence-electron chi connectivity index (χ2n) is 6.21. The summed E-state index contributed by atoms with van der Waals surface area (Å²) in [5.74, 6) is 0. The van der Waals surface area contributed by atoms with Gasteiger partial charge < -0.3 is 10.2 Å². The van der Waals surface area contributed by atoms with Crippen LogP contribution in [0.1, 0.15) is 19.8 Å². The van der Waals surface area contributed by atoms with E-state index >= 15 is 0 Å². The molecule has 1 aromatic carbocycles. The van der Waals surface area contributed by atoms with Crippen molar-refractivity contribution in [2.24, 2.45) is 0 Å². The number of nitrogens with one attached hydrogen (secondary N) is 1. The molecule has 1 fully saturated rings. The van der Waals surface area contributed by atoms with Crippen LogP contribution in [-0.4, -0.2) is 55.1 Å². The van der Waals surface area contributed by atoms with E-state index in [0.717, 1.165) is 32.5 Å². The largest absolute Gasteiger partial charge is 0.338 e. The van der Waals surface area contributed by atoms with Crippen LogP contribution in [0.4, 0.5) is 4.79 Å². The molecule has 0 aromatic heterocycles. The molecule has 4 nitrogen and oxygen atoms in total. The first kappa shape index (κ1) is 15.1. The molecule has 1 saturated heterocycles. The van der Waals surface area contributed by atoms with E-state index < -0.39 is 0 Å². The molecule has 1 aliphatic carbocycles. The fourth-order valence-electron chi connectivity index (χ4n) is 3.38. The van der Waals surface area contributed by atoms with Crippen LogP contribution in [0.3, 0.4) is 0 Å². The van der Waals surface area contributed by atoms with Crippen LogP contribution < -0.4 is 15.8 Å². The Bertz CT molecular complexity index is 659. The number of piperidine rings is 1. The van der Waals surface area contributed by atoms with Crippen molar-refractivity contribution in [2.75, 3.05) is 33.2 Å². The third-order valence-corrected chi connectivity index (χ3v) is 4.78. The standard InChI is InChI=1S/C18H25N3O/c1-3-19-18(22)20(2)16-8-10-21(11-9-16)13-15-12-14-6-4-5-7-17(14)15/h4-7,12,16H,3,8-11,13H2,1-2H3,(H,19,22). The van der Waals surface area contributed by atoms with Gasteiger partial charge in [-0.2, -0.15) is 0 Å². The third-order valence-electron chi connectivity index (χ3n) is 4.78. The molecule has 1 aromatic rings. The Balaban J connectivity index is 1.52. The van der Waals surface area contributed by atoms with Gasteiger partial charge in [-0.1, -0.05) is 24.3 Å². The summed E-state index contributed by atoms with van der Waals surface area (Å²) in [7, 11) is 1.91. The van der Waals surface area contributed by atoms with E-state index in [2.05, 4.69) is 40.6 Å². The Morgan fingerprint density at radius 1 is 1.32 bits per heavy atom. The molecule has 1 aliphatic heterocycles. The molecule has 3 rings (SSSR count). The lowest BCUT2D eigenvalue weighted by Crippen LogP contribution is -2.49. The maximum atomic E-state index is 11.9. The van der Waals surface area contributed by atoms with Gasteiger partial charge in [0.1, 0.15) is 0 Å². The molecule has 2 amide bonds. The van der Waals surface area contributed by atoms with Crippen molar-refractivity contribution < 1.29 is 4.79 Å². The van der Waals surface area contributed by atoms with Crippen molar-refractivity contribution in [1.82, 2.24) is 15.1 Å².